The lowest BCUT2D eigenvalue weighted by molar-refractivity contribution is -0.368. The fourth-order valence-electron chi connectivity index (χ4n) is 2.87. The van der Waals surface area contributed by atoms with E-state index in [1.54, 1.807) is 0 Å². The van der Waals surface area contributed by atoms with E-state index in [1.165, 1.54) is 17.7 Å². The first kappa shape index (κ1) is 18.2. The number of aromatic nitrogens is 2. The average Bonchev–Trinajstić information content (AvgIpc) is 3.05. The number of aliphatic hydroxyl groups is 1. The van der Waals surface area contributed by atoms with E-state index in [0.717, 1.165) is 29.7 Å². The topological polar surface area (TPSA) is 58.0 Å². The van der Waals surface area contributed by atoms with Crippen molar-refractivity contribution in [1.29, 1.82) is 0 Å². The van der Waals surface area contributed by atoms with Crippen LogP contribution >= 0.6 is 11.3 Å². The number of nitrogens with zero attached hydrogens (tertiary/aromatic N) is 2. The standard InChI is InChI=1S/C14H13F6N3OS/c15-13(16,17)12(24,14(18,19)20)4-5-21-10-9-7-2-1-3-8(7)25-11(9)23-6-22-10/h6,24H,1-5H2,(H,21,22,23). The van der Waals surface area contributed by atoms with Gasteiger partial charge in [-0.3, -0.25) is 0 Å². The van der Waals surface area contributed by atoms with E-state index < -0.39 is 30.9 Å². The van der Waals surface area contributed by atoms with Crippen LogP contribution in [0, 0.1) is 0 Å². The molecule has 2 aromatic rings. The minimum Gasteiger partial charge on any atom is -0.374 e. The van der Waals surface area contributed by atoms with Gasteiger partial charge in [-0.2, -0.15) is 26.3 Å². The lowest BCUT2D eigenvalue weighted by Crippen LogP contribution is -2.57. The van der Waals surface area contributed by atoms with Crippen molar-refractivity contribution < 1.29 is 31.4 Å². The molecule has 25 heavy (non-hydrogen) atoms. The largest absolute Gasteiger partial charge is 0.426 e. The van der Waals surface area contributed by atoms with E-state index in [2.05, 4.69) is 15.3 Å². The minimum absolute atomic E-state index is 0.191. The zero-order chi connectivity index (χ0) is 18.5. The summed E-state index contributed by atoms with van der Waals surface area (Å²) < 4.78 is 76.1. The normalized spacial score (nSPS) is 15.6. The molecule has 0 radical (unpaired) electrons. The maximum absolute atomic E-state index is 12.7. The summed E-state index contributed by atoms with van der Waals surface area (Å²) in [6.07, 6.45) is -9.43. The molecule has 0 saturated heterocycles. The molecule has 0 amide bonds. The van der Waals surface area contributed by atoms with E-state index in [0.29, 0.717) is 10.2 Å². The van der Waals surface area contributed by atoms with Gasteiger partial charge in [-0.25, -0.2) is 9.97 Å². The van der Waals surface area contributed by atoms with Gasteiger partial charge in [0.05, 0.1) is 5.39 Å². The van der Waals surface area contributed by atoms with Gasteiger partial charge in [0.25, 0.3) is 5.60 Å². The molecule has 0 atom stereocenters. The third-order valence-electron chi connectivity index (χ3n) is 4.22. The summed E-state index contributed by atoms with van der Waals surface area (Å²) in [6.45, 7) is -0.744. The van der Waals surface area contributed by atoms with Crippen LogP contribution in [0.15, 0.2) is 6.33 Å². The smallest absolute Gasteiger partial charge is 0.374 e. The number of anilines is 1. The highest BCUT2D eigenvalue weighted by molar-refractivity contribution is 7.19. The van der Waals surface area contributed by atoms with E-state index in [-0.39, 0.29) is 5.82 Å². The Kier molecular flexibility index (Phi) is 4.34. The zero-order valence-corrected chi connectivity index (χ0v) is 13.4. The van der Waals surface area contributed by atoms with Crippen LogP contribution < -0.4 is 5.32 Å². The van der Waals surface area contributed by atoms with Gasteiger partial charge in [-0.15, -0.1) is 11.3 Å². The van der Waals surface area contributed by atoms with Crippen LogP contribution in [0.2, 0.25) is 0 Å². The number of halogens is 6. The van der Waals surface area contributed by atoms with Crippen molar-refractivity contribution in [2.75, 3.05) is 11.9 Å². The number of aryl methyl sites for hydroxylation is 2. The molecule has 3 rings (SSSR count). The Balaban J connectivity index is 1.82. The van der Waals surface area contributed by atoms with Gasteiger partial charge in [0.1, 0.15) is 17.0 Å². The summed E-state index contributed by atoms with van der Waals surface area (Å²) >= 11 is 1.45. The number of hydrogen-bond donors (Lipinski definition) is 2. The Morgan fingerprint density at radius 2 is 1.76 bits per heavy atom. The van der Waals surface area contributed by atoms with Crippen molar-refractivity contribution in [3.8, 4) is 0 Å². The van der Waals surface area contributed by atoms with Gasteiger partial charge in [0.2, 0.25) is 0 Å². The molecule has 2 heterocycles. The fraction of sp³-hybridized carbons (Fsp3) is 0.571. The van der Waals surface area contributed by atoms with Crippen molar-refractivity contribution in [2.45, 2.75) is 43.6 Å². The molecule has 138 valence electrons. The molecular formula is C14H13F6N3OS. The summed E-state index contributed by atoms with van der Waals surface area (Å²) in [4.78, 5) is 9.79. The SMILES string of the molecule is OC(CCNc1ncnc2sc3c(c12)CCC3)(C(F)(F)F)C(F)(F)F. The van der Waals surface area contributed by atoms with Crippen LogP contribution in [0.4, 0.5) is 32.2 Å². The van der Waals surface area contributed by atoms with Gasteiger partial charge >= 0.3 is 12.4 Å². The molecule has 0 unspecified atom stereocenters. The lowest BCUT2D eigenvalue weighted by Gasteiger charge is -2.32. The number of hydrogen-bond acceptors (Lipinski definition) is 5. The first-order valence-corrected chi connectivity index (χ1v) is 8.21. The molecule has 0 aromatic carbocycles. The molecule has 0 spiro atoms. The van der Waals surface area contributed by atoms with Crippen LogP contribution in [-0.2, 0) is 12.8 Å². The minimum atomic E-state index is -5.82. The van der Waals surface area contributed by atoms with Gasteiger partial charge in [0.15, 0.2) is 0 Å². The van der Waals surface area contributed by atoms with Crippen molar-refractivity contribution in [2.24, 2.45) is 0 Å². The maximum atomic E-state index is 12.7. The Morgan fingerprint density at radius 1 is 1.08 bits per heavy atom. The number of alkyl halides is 6. The first-order chi connectivity index (χ1) is 11.5. The molecule has 2 N–H and O–H groups in total. The summed E-state index contributed by atoms with van der Waals surface area (Å²) in [5, 5.41) is 12.3. The van der Waals surface area contributed by atoms with Gasteiger partial charge in [-0.05, 0) is 24.8 Å². The Hall–Kier alpha value is -1.62. The van der Waals surface area contributed by atoms with Gasteiger partial charge in [-0.1, -0.05) is 0 Å². The Morgan fingerprint density at radius 3 is 2.40 bits per heavy atom. The van der Waals surface area contributed by atoms with E-state index in [1.807, 2.05) is 0 Å². The highest BCUT2D eigenvalue weighted by Crippen LogP contribution is 2.45. The summed E-state index contributed by atoms with van der Waals surface area (Å²) in [6, 6.07) is 0. The lowest BCUT2D eigenvalue weighted by atomic mass is 9.98. The van der Waals surface area contributed by atoms with Gasteiger partial charge in [0, 0.05) is 17.8 Å². The highest BCUT2D eigenvalue weighted by atomic mass is 32.1. The quantitative estimate of drug-likeness (QED) is 0.786. The van der Waals surface area contributed by atoms with E-state index >= 15 is 0 Å². The van der Waals surface area contributed by atoms with Crippen molar-refractivity contribution in [3.63, 3.8) is 0 Å². The molecule has 0 bridgehead atoms. The van der Waals surface area contributed by atoms with Crippen LogP contribution in [0.3, 0.4) is 0 Å². The molecular weight excluding hydrogens is 372 g/mol. The molecule has 4 nitrogen and oxygen atoms in total. The van der Waals surface area contributed by atoms with Crippen molar-refractivity contribution in [1.82, 2.24) is 9.97 Å². The second kappa shape index (κ2) is 5.97. The second-order valence-corrected chi connectivity index (χ2v) is 6.88. The third-order valence-corrected chi connectivity index (χ3v) is 5.42. The monoisotopic (exact) mass is 385 g/mol. The van der Waals surface area contributed by atoms with Crippen molar-refractivity contribution in [3.05, 3.63) is 16.8 Å². The summed E-state index contributed by atoms with van der Waals surface area (Å²) in [5.41, 5.74) is -3.78. The predicted molar refractivity (Wildman–Crippen MR) is 79.6 cm³/mol. The molecule has 0 fully saturated rings. The maximum Gasteiger partial charge on any atom is 0.426 e. The molecule has 2 aromatic heterocycles. The summed E-state index contributed by atoms with van der Waals surface area (Å²) in [7, 11) is 0. The number of rotatable bonds is 4. The van der Waals surface area contributed by atoms with Gasteiger partial charge < -0.3 is 10.4 Å². The second-order valence-electron chi connectivity index (χ2n) is 5.79. The molecule has 11 heteroatoms. The molecule has 0 saturated carbocycles. The first-order valence-electron chi connectivity index (χ1n) is 7.39. The molecule has 1 aliphatic carbocycles. The molecule has 0 aliphatic heterocycles. The van der Waals surface area contributed by atoms with Crippen molar-refractivity contribution >= 4 is 27.4 Å². The number of thiophene rings is 1. The Labute approximate surface area is 141 Å². The predicted octanol–water partition coefficient (Wildman–Crippen LogP) is 3.84. The summed E-state index contributed by atoms with van der Waals surface area (Å²) in [5.74, 6) is 0.191. The van der Waals surface area contributed by atoms with E-state index in [4.69, 9.17) is 5.11 Å². The Bertz CT molecular complexity index is 771. The van der Waals surface area contributed by atoms with Crippen LogP contribution in [0.1, 0.15) is 23.3 Å². The molecule has 1 aliphatic rings. The number of fused-ring (bicyclic) bond motifs is 3. The van der Waals surface area contributed by atoms with Crippen LogP contribution in [0.25, 0.3) is 10.2 Å². The fourth-order valence-corrected chi connectivity index (χ4v) is 4.10. The number of nitrogens with one attached hydrogen (secondary N) is 1. The third kappa shape index (κ3) is 3.03. The average molecular weight is 385 g/mol. The van der Waals surface area contributed by atoms with Crippen LogP contribution in [-0.4, -0.2) is 39.6 Å². The van der Waals surface area contributed by atoms with Crippen LogP contribution in [0.5, 0.6) is 0 Å². The zero-order valence-electron chi connectivity index (χ0n) is 12.6. The van der Waals surface area contributed by atoms with E-state index in [9.17, 15) is 26.3 Å². The highest BCUT2D eigenvalue weighted by Gasteiger charge is 2.69.